The molecule has 0 spiro atoms. The van der Waals surface area contributed by atoms with Gasteiger partial charge in [0.1, 0.15) is 5.82 Å². The van der Waals surface area contributed by atoms with Crippen molar-refractivity contribution in [2.24, 2.45) is 0 Å². The minimum atomic E-state index is 0.450. The summed E-state index contributed by atoms with van der Waals surface area (Å²) in [6, 6.07) is 8.75. The molecule has 1 fully saturated rings. The molecule has 2 heterocycles. The molecule has 0 aliphatic carbocycles. The molecule has 0 atom stereocenters. The first-order valence-electron chi connectivity index (χ1n) is 7.80. The molecule has 2 aromatic rings. The molecule has 1 aromatic carbocycles. The topological polar surface area (TPSA) is 33.1 Å². The van der Waals surface area contributed by atoms with Gasteiger partial charge < -0.3 is 14.8 Å². The first-order chi connectivity index (χ1) is 10.3. The lowest BCUT2D eigenvalue weighted by Crippen LogP contribution is -2.43. The summed E-state index contributed by atoms with van der Waals surface area (Å²) in [7, 11) is 0. The van der Waals surface area contributed by atoms with E-state index in [-0.39, 0.29) is 0 Å². The molecule has 0 amide bonds. The Morgan fingerprint density at radius 2 is 1.95 bits per heavy atom. The van der Waals surface area contributed by atoms with Gasteiger partial charge in [0.15, 0.2) is 0 Å². The normalized spacial score (nSPS) is 15.7. The lowest BCUT2D eigenvalue weighted by molar-refractivity contribution is 0.585. The van der Waals surface area contributed by atoms with Crippen molar-refractivity contribution in [2.75, 3.05) is 31.1 Å². The number of hydrogen-bond donors (Lipinski definition) is 1. The molecular weight excluding hydrogens is 260 g/mol. The molecule has 0 unspecified atom stereocenters. The molecule has 4 nitrogen and oxygen atoms in total. The minimum absolute atomic E-state index is 0.450. The lowest BCUT2D eigenvalue weighted by atomic mass is 10.1. The number of benzene rings is 1. The van der Waals surface area contributed by atoms with Crippen LogP contribution in [0, 0.1) is 0 Å². The van der Waals surface area contributed by atoms with Crippen LogP contribution in [0.25, 0.3) is 0 Å². The minimum Gasteiger partial charge on any atom is -0.369 e. The Bertz CT molecular complexity index is 582. The number of para-hydroxylation sites is 1. The maximum Gasteiger partial charge on any atom is 0.111 e. The van der Waals surface area contributed by atoms with E-state index in [1.807, 2.05) is 6.20 Å². The van der Waals surface area contributed by atoms with Gasteiger partial charge in [0, 0.05) is 50.2 Å². The second-order valence-corrected chi connectivity index (χ2v) is 5.93. The molecule has 0 bridgehead atoms. The molecule has 1 aromatic heterocycles. The second kappa shape index (κ2) is 6.31. The zero-order chi connectivity index (χ0) is 14.7. The van der Waals surface area contributed by atoms with Crippen LogP contribution in [0.3, 0.4) is 0 Å². The Balaban J connectivity index is 1.86. The Hall–Kier alpha value is -1.81. The summed E-state index contributed by atoms with van der Waals surface area (Å²) in [5, 5.41) is 3.42. The van der Waals surface area contributed by atoms with Crippen LogP contribution in [0.5, 0.6) is 0 Å². The summed E-state index contributed by atoms with van der Waals surface area (Å²) in [5.41, 5.74) is 2.74. The first kappa shape index (κ1) is 14.1. The van der Waals surface area contributed by atoms with Crippen molar-refractivity contribution in [3.8, 4) is 0 Å². The average Bonchev–Trinajstić information content (AvgIpc) is 2.97. The molecule has 112 valence electrons. The van der Waals surface area contributed by atoms with Crippen LogP contribution >= 0.6 is 0 Å². The summed E-state index contributed by atoms with van der Waals surface area (Å²) in [4.78, 5) is 6.98. The maximum atomic E-state index is 4.49. The van der Waals surface area contributed by atoms with Gasteiger partial charge in [-0.2, -0.15) is 0 Å². The fourth-order valence-electron chi connectivity index (χ4n) is 3.00. The molecule has 3 rings (SSSR count). The number of imidazole rings is 1. The number of rotatable bonds is 4. The predicted molar refractivity (Wildman–Crippen MR) is 86.9 cm³/mol. The van der Waals surface area contributed by atoms with Gasteiger partial charge in [-0.15, -0.1) is 0 Å². The molecule has 1 aliphatic rings. The highest BCUT2D eigenvalue weighted by Gasteiger charge is 2.15. The van der Waals surface area contributed by atoms with E-state index in [1.54, 1.807) is 0 Å². The molecule has 21 heavy (non-hydrogen) atoms. The fraction of sp³-hybridized carbons (Fsp3) is 0.471. The summed E-state index contributed by atoms with van der Waals surface area (Å²) in [5.74, 6) is 1.61. The highest BCUT2D eigenvalue weighted by Crippen LogP contribution is 2.23. The van der Waals surface area contributed by atoms with Crippen LogP contribution in [0.1, 0.15) is 31.2 Å². The number of hydrogen-bond acceptors (Lipinski definition) is 3. The van der Waals surface area contributed by atoms with E-state index >= 15 is 0 Å². The van der Waals surface area contributed by atoms with Crippen molar-refractivity contribution in [3.63, 3.8) is 0 Å². The van der Waals surface area contributed by atoms with Crippen molar-refractivity contribution in [2.45, 2.75) is 26.3 Å². The highest BCUT2D eigenvalue weighted by molar-refractivity contribution is 5.54. The van der Waals surface area contributed by atoms with E-state index in [9.17, 15) is 0 Å². The van der Waals surface area contributed by atoms with Crippen molar-refractivity contribution >= 4 is 5.69 Å². The average molecular weight is 284 g/mol. The molecule has 1 saturated heterocycles. The Labute approximate surface area is 126 Å². The molecule has 0 radical (unpaired) electrons. The lowest BCUT2D eigenvalue weighted by Gasteiger charge is -2.31. The Morgan fingerprint density at radius 3 is 2.71 bits per heavy atom. The van der Waals surface area contributed by atoms with Gasteiger partial charge >= 0.3 is 0 Å². The van der Waals surface area contributed by atoms with Crippen LogP contribution < -0.4 is 10.2 Å². The monoisotopic (exact) mass is 284 g/mol. The summed E-state index contributed by atoms with van der Waals surface area (Å²) >= 11 is 0. The van der Waals surface area contributed by atoms with E-state index in [1.165, 1.54) is 11.3 Å². The third-order valence-corrected chi connectivity index (χ3v) is 4.05. The smallest absolute Gasteiger partial charge is 0.111 e. The van der Waals surface area contributed by atoms with Gasteiger partial charge in [-0.25, -0.2) is 4.98 Å². The van der Waals surface area contributed by atoms with E-state index in [4.69, 9.17) is 0 Å². The zero-order valence-electron chi connectivity index (χ0n) is 12.9. The standard InChI is InChI=1S/C17H24N4/c1-14(2)17-19-9-12-21(17)13-15-5-3-4-6-16(15)20-10-7-18-8-11-20/h3-6,9,12,14,18H,7-8,10-11,13H2,1-2H3. The summed E-state index contributed by atoms with van der Waals surface area (Å²) < 4.78 is 2.27. The first-order valence-corrected chi connectivity index (χ1v) is 7.80. The van der Waals surface area contributed by atoms with E-state index in [0.29, 0.717) is 5.92 Å². The Kier molecular flexibility index (Phi) is 4.25. The maximum absolute atomic E-state index is 4.49. The predicted octanol–water partition coefficient (Wildman–Crippen LogP) is 2.46. The number of anilines is 1. The van der Waals surface area contributed by atoms with Gasteiger partial charge in [-0.3, -0.25) is 0 Å². The number of nitrogens with zero attached hydrogens (tertiary/aromatic N) is 3. The van der Waals surface area contributed by atoms with E-state index in [2.05, 4.69) is 64.1 Å². The quantitative estimate of drug-likeness (QED) is 0.936. The van der Waals surface area contributed by atoms with E-state index < -0.39 is 0 Å². The number of piperazine rings is 1. The number of aromatic nitrogens is 2. The Morgan fingerprint density at radius 1 is 1.19 bits per heavy atom. The highest BCUT2D eigenvalue weighted by atomic mass is 15.2. The summed E-state index contributed by atoms with van der Waals surface area (Å²) in [6.45, 7) is 9.58. The van der Waals surface area contributed by atoms with Gasteiger partial charge in [-0.05, 0) is 11.6 Å². The van der Waals surface area contributed by atoms with Crippen molar-refractivity contribution < 1.29 is 0 Å². The largest absolute Gasteiger partial charge is 0.369 e. The van der Waals surface area contributed by atoms with Gasteiger partial charge in [-0.1, -0.05) is 32.0 Å². The van der Waals surface area contributed by atoms with Gasteiger partial charge in [0.05, 0.1) is 6.54 Å². The van der Waals surface area contributed by atoms with Crippen molar-refractivity contribution in [1.82, 2.24) is 14.9 Å². The summed E-state index contributed by atoms with van der Waals surface area (Å²) in [6.07, 6.45) is 3.99. The zero-order valence-corrected chi connectivity index (χ0v) is 12.9. The molecule has 1 aliphatic heterocycles. The molecule has 4 heteroatoms. The molecule has 0 saturated carbocycles. The molecule has 1 N–H and O–H groups in total. The van der Waals surface area contributed by atoms with Crippen molar-refractivity contribution in [3.05, 3.63) is 48.0 Å². The van der Waals surface area contributed by atoms with Crippen LogP contribution in [0.2, 0.25) is 0 Å². The van der Waals surface area contributed by atoms with Crippen LogP contribution in [-0.2, 0) is 6.54 Å². The van der Waals surface area contributed by atoms with Gasteiger partial charge in [0.25, 0.3) is 0 Å². The van der Waals surface area contributed by atoms with Crippen LogP contribution in [0.4, 0.5) is 5.69 Å². The third-order valence-electron chi connectivity index (χ3n) is 4.05. The second-order valence-electron chi connectivity index (χ2n) is 5.93. The van der Waals surface area contributed by atoms with Gasteiger partial charge in [0.2, 0.25) is 0 Å². The molecular formula is C17H24N4. The van der Waals surface area contributed by atoms with Crippen LogP contribution in [0.15, 0.2) is 36.7 Å². The van der Waals surface area contributed by atoms with Crippen molar-refractivity contribution in [1.29, 1.82) is 0 Å². The number of nitrogens with one attached hydrogen (secondary N) is 1. The third kappa shape index (κ3) is 3.10. The van der Waals surface area contributed by atoms with Crippen LogP contribution in [-0.4, -0.2) is 35.7 Å². The van der Waals surface area contributed by atoms with E-state index in [0.717, 1.165) is 38.5 Å². The fourth-order valence-corrected chi connectivity index (χ4v) is 3.00. The SMILES string of the molecule is CC(C)c1nccn1Cc1ccccc1N1CCNCC1.